The minimum Gasteiger partial charge on any atom is -0.507 e. The van der Waals surface area contributed by atoms with E-state index in [1.807, 2.05) is 37.3 Å². The molecule has 3 rings (SSSR count). The van der Waals surface area contributed by atoms with Gasteiger partial charge in [-0.1, -0.05) is 63.3 Å². The van der Waals surface area contributed by atoms with Gasteiger partial charge in [-0.2, -0.15) is 0 Å². The van der Waals surface area contributed by atoms with Gasteiger partial charge >= 0.3 is 0 Å². The van der Waals surface area contributed by atoms with Crippen LogP contribution in [0, 0.1) is 6.92 Å². The standard InChI is InChI=1S/C24H29N3O2/c1-3-4-5-6-7-10-15-29-19-13-14-21(22(28)16-19)24-26-17-25-23(27-24)20-12-9-8-11-18(20)2/h8-9,11-14,16-17,28H,3-7,10,15H2,1-2H3. The molecule has 0 saturated heterocycles. The number of benzene rings is 2. The summed E-state index contributed by atoms with van der Waals surface area (Å²) in [5.41, 5.74) is 2.61. The Morgan fingerprint density at radius 3 is 2.34 bits per heavy atom. The Kier molecular flexibility index (Phi) is 7.56. The quantitative estimate of drug-likeness (QED) is 0.432. The highest BCUT2D eigenvalue weighted by Gasteiger charge is 2.12. The number of nitrogens with zero attached hydrogens (tertiary/aromatic N) is 3. The van der Waals surface area contributed by atoms with Gasteiger partial charge in [-0.15, -0.1) is 0 Å². The molecule has 0 amide bonds. The van der Waals surface area contributed by atoms with Crippen molar-refractivity contribution in [1.29, 1.82) is 0 Å². The Morgan fingerprint density at radius 2 is 1.59 bits per heavy atom. The molecular weight excluding hydrogens is 362 g/mol. The summed E-state index contributed by atoms with van der Waals surface area (Å²) in [5, 5.41) is 10.5. The predicted octanol–water partition coefficient (Wildman–Crippen LogP) is 5.96. The summed E-state index contributed by atoms with van der Waals surface area (Å²) in [6.07, 6.45) is 8.80. The molecule has 0 radical (unpaired) electrons. The lowest BCUT2D eigenvalue weighted by Gasteiger charge is -2.10. The van der Waals surface area contributed by atoms with Gasteiger partial charge in [0.15, 0.2) is 11.6 Å². The van der Waals surface area contributed by atoms with Gasteiger partial charge in [0.1, 0.15) is 17.8 Å². The van der Waals surface area contributed by atoms with Crippen LogP contribution in [0.25, 0.3) is 22.8 Å². The number of aromatic hydroxyl groups is 1. The van der Waals surface area contributed by atoms with E-state index >= 15 is 0 Å². The maximum atomic E-state index is 10.5. The number of aryl methyl sites for hydroxylation is 1. The lowest BCUT2D eigenvalue weighted by Crippen LogP contribution is -1.99. The van der Waals surface area contributed by atoms with E-state index in [4.69, 9.17) is 4.74 Å². The third kappa shape index (κ3) is 5.76. The molecular formula is C24H29N3O2. The van der Waals surface area contributed by atoms with Crippen LogP contribution in [0.15, 0.2) is 48.8 Å². The zero-order chi connectivity index (χ0) is 20.5. The number of aromatic nitrogens is 3. The van der Waals surface area contributed by atoms with Crippen LogP contribution in [-0.2, 0) is 0 Å². The van der Waals surface area contributed by atoms with Crippen molar-refractivity contribution in [3.05, 3.63) is 54.4 Å². The molecule has 5 nitrogen and oxygen atoms in total. The fraction of sp³-hybridized carbons (Fsp3) is 0.375. The Labute approximate surface area is 172 Å². The van der Waals surface area contributed by atoms with Gasteiger partial charge in [0, 0.05) is 11.6 Å². The predicted molar refractivity (Wildman–Crippen MR) is 116 cm³/mol. The molecule has 0 aliphatic rings. The average Bonchev–Trinajstić information content (AvgIpc) is 2.73. The fourth-order valence-corrected chi connectivity index (χ4v) is 3.24. The van der Waals surface area contributed by atoms with E-state index in [2.05, 4.69) is 21.9 Å². The Morgan fingerprint density at radius 1 is 0.862 bits per heavy atom. The largest absolute Gasteiger partial charge is 0.507 e. The first kappa shape index (κ1) is 20.8. The summed E-state index contributed by atoms with van der Waals surface area (Å²) >= 11 is 0. The highest BCUT2D eigenvalue weighted by molar-refractivity contribution is 5.67. The van der Waals surface area contributed by atoms with Crippen LogP contribution in [0.3, 0.4) is 0 Å². The third-order valence-corrected chi connectivity index (χ3v) is 4.93. The minimum atomic E-state index is 0.104. The second-order valence-corrected chi connectivity index (χ2v) is 7.24. The average molecular weight is 392 g/mol. The van der Waals surface area contributed by atoms with E-state index in [9.17, 15) is 5.11 Å². The molecule has 0 aliphatic heterocycles. The molecule has 0 bridgehead atoms. The van der Waals surface area contributed by atoms with Crippen molar-refractivity contribution in [1.82, 2.24) is 15.0 Å². The smallest absolute Gasteiger partial charge is 0.167 e. The number of unbranched alkanes of at least 4 members (excludes halogenated alkanes) is 5. The lowest BCUT2D eigenvalue weighted by molar-refractivity contribution is 0.303. The van der Waals surface area contributed by atoms with Crippen LogP contribution in [0.2, 0.25) is 0 Å². The van der Waals surface area contributed by atoms with E-state index in [0.717, 1.165) is 17.5 Å². The minimum absolute atomic E-state index is 0.104. The molecule has 0 unspecified atom stereocenters. The van der Waals surface area contributed by atoms with Gasteiger partial charge < -0.3 is 9.84 Å². The molecule has 5 heteroatoms. The first-order chi connectivity index (χ1) is 14.2. The SMILES string of the molecule is CCCCCCCCOc1ccc(-c2ncnc(-c3ccccc3C)n2)c(O)c1. The zero-order valence-electron chi connectivity index (χ0n) is 17.3. The summed E-state index contributed by atoms with van der Waals surface area (Å²) in [7, 11) is 0. The maximum absolute atomic E-state index is 10.5. The van der Waals surface area contributed by atoms with Gasteiger partial charge in [-0.05, 0) is 31.0 Å². The summed E-state index contributed by atoms with van der Waals surface area (Å²) in [5.74, 6) is 1.80. The molecule has 0 saturated carbocycles. The summed E-state index contributed by atoms with van der Waals surface area (Å²) in [4.78, 5) is 13.1. The first-order valence-electron chi connectivity index (χ1n) is 10.4. The van der Waals surface area contributed by atoms with Crippen molar-refractivity contribution in [3.8, 4) is 34.3 Å². The highest BCUT2D eigenvalue weighted by Crippen LogP contribution is 2.31. The van der Waals surface area contributed by atoms with E-state index in [0.29, 0.717) is 29.6 Å². The molecule has 29 heavy (non-hydrogen) atoms. The molecule has 0 atom stereocenters. The van der Waals surface area contributed by atoms with Crippen LogP contribution in [0.4, 0.5) is 0 Å². The Bertz CT molecular complexity index is 928. The van der Waals surface area contributed by atoms with Gasteiger partial charge in [0.05, 0.1) is 12.2 Å². The monoisotopic (exact) mass is 391 g/mol. The van der Waals surface area contributed by atoms with Gasteiger partial charge in [0.25, 0.3) is 0 Å². The topological polar surface area (TPSA) is 68.1 Å². The van der Waals surface area contributed by atoms with Crippen molar-refractivity contribution >= 4 is 0 Å². The molecule has 0 spiro atoms. The van der Waals surface area contributed by atoms with Crippen molar-refractivity contribution in [3.63, 3.8) is 0 Å². The lowest BCUT2D eigenvalue weighted by atomic mass is 10.1. The summed E-state index contributed by atoms with van der Waals surface area (Å²) in [6.45, 7) is 4.90. The van der Waals surface area contributed by atoms with Crippen molar-refractivity contribution in [2.24, 2.45) is 0 Å². The number of hydrogen-bond donors (Lipinski definition) is 1. The van der Waals surface area contributed by atoms with Crippen molar-refractivity contribution in [2.75, 3.05) is 6.61 Å². The second-order valence-electron chi connectivity index (χ2n) is 7.24. The van der Waals surface area contributed by atoms with E-state index in [1.54, 1.807) is 12.1 Å². The van der Waals surface area contributed by atoms with Crippen LogP contribution in [-0.4, -0.2) is 26.7 Å². The molecule has 1 aromatic heterocycles. The number of rotatable bonds is 10. The third-order valence-electron chi connectivity index (χ3n) is 4.93. The Hall–Kier alpha value is -2.95. The van der Waals surface area contributed by atoms with Crippen LogP contribution in [0.5, 0.6) is 11.5 Å². The van der Waals surface area contributed by atoms with E-state index in [-0.39, 0.29) is 5.75 Å². The molecule has 1 N–H and O–H groups in total. The van der Waals surface area contributed by atoms with Crippen molar-refractivity contribution < 1.29 is 9.84 Å². The van der Waals surface area contributed by atoms with Gasteiger partial charge in [-0.25, -0.2) is 15.0 Å². The van der Waals surface area contributed by atoms with Crippen LogP contribution in [0.1, 0.15) is 51.0 Å². The van der Waals surface area contributed by atoms with E-state index < -0.39 is 0 Å². The number of hydrogen-bond acceptors (Lipinski definition) is 5. The Balaban J connectivity index is 1.65. The zero-order valence-corrected chi connectivity index (χ0v) is 17.3. The first-order valence-corrected chi connectivity index (χ1v) is 10.4. The number of ether oxygens (including phenoxy) is 1. The molecule has 0 aliphatic carbocycles. The molecule has 1 heterocycles. The molecule has 152 valence electrons. The van der Waals surface area contributed by atoms with Crippen LogP contribution >= 0.6 is 0 Å². The van der Waals surface area contributed by atoms with Crippen molar-refractivity contribution in [2.45, 2.75) is 52.4 Å². The van der Waals surface area contributed by atoms with Crippen LogP contribution < -0.4 is 4.74 Å². The number of phenolic OH excluding ortho intramolecular Hbond substituents is 1. The normalized spacial score (nSPS) is 10.8. The highest BCUT2D eigenvalue weighted by atomic mass is 16.5. The molecule has 0 fully saturated rings. The number of phenols is 1. The molecule has 2 aromatic carbocycles. The maximum Gasteiger partial charge on any atom is 0.167 e. The van der Waals surface area contributed by atoms with Gasteiger partial charge in [0.2, 0.25) is 0 Å². The summed E-state index contributed by atoms with van der Waals surface area (Å²) < 4.78 is 5.78. The molecule has 3 aromatic rings. The van der Waals surface area contributed by atoms with E-state index in [1.165, 1.54) is 38.4 Å². The fourth-order valence-electron chi connectivity index (χ4n) is 3.24. The van der Waals surface area contributed by atoms with Gasteiger partial charge in [-0.3, -0.25) is 0 Å². The second kappa shape index (κ2) is 10.6. The summed E-state index contributed by atoms with van der Waals surface area (Å²) in [6, 6.07) is 13.2.